The highest BCUT2D eigenvalue weighted by Gasteiger charge is 2.41. The van der Waals surface area contributed by atoms with Crippen molar-refractivity contribution in [2.45, 2.75) is 18.6 Å². The number of hydrogen-bond donors (Lipinski definition) is 1. The van der Waals surface area contributed by atoms with Crippen LogP contribution in [0.1, 0.15) is 11.1 Å². The van der Waals surface area contributed by atoms with E-state index in [9.17, 15) is 14.9 Å². The summed E-state index contributed by atoms with van der Waals surface area (Å²) in [6, 6.07) is 16.9. The van der Waals surface area contributed by atoms with Gasteiger partial charge in [-0.05, 0) is 42.7 Å². The standard InChI is InChI=1S/C22H21N3O3S/c1-14-6-4-5-7-18(14)25-21(27)19(12-15-8-10-16(28-3)11-9-15)29-22(25)17(13-23)20(26)24-2/h4-11,19H,12H2,1-3H3,(H,24,26)/b22-17-. The number of nitrogens with one attached hydrogen (secondary N) is 1. The van der Waals surface area contributed by atoms with Crippen molar-refractivity contribution in [3.63, 3.8) is 0 Å². The Hall–Kier alpha value is -3.24. The molecule has 0 saturated carbocycles. The van der Waals surface area contributed by atoms with E-state index in [0.29, 0.717) is 17.1 Å². The van der Waals surface area contributed by atoms with Gasteiger partial charge in [0.2, 0.25) is 5.91 Å². The molecule has 3 rings (SSSR count). The van der Waals surface area contributed by atoms with Gasteiger partial charge in [0, 0.05) is 7.05 Å². The maximum absolute atomic E-state index is 13.3. The van der Waals surface area contributed by atoms with Crippen molar-refractivity contribution in [1.29, 1.82) is 5.26 Å². The normalized spacial score (nSPS) is 17.7. The molecule has 6 nitrogen and oxygen atoms in total. The van der Waals surface area contributed by atoms with E-state index in [2.05, 4.69) is 5.32 Å². The smallest absolute Gasteiger partial charge is 0.264 e. The summed E-state index contributed by atoms with van der Waals surface area (Å²) in [6.07, 6.45) is 0.478. The fraction of sp³-hybridized carbons (Fsp3) is 0.227. The van der Waals surface area contributed by atoms with Gasteiger partial charge in [-0.15, -0.1) is 0 Å². The fourth-order valence-corrected chi connectivity index (χ4v) is 4.42. The monoisotopic (exact) mass is 407 g/mol. The lowest BCUT2D eigenvalue weighted by molar-refractivity contribution is -0.117. The number of thioether (sulfide) groups is 1. The number of ether oxygens (including phenoxy) is 1. The Kier molecular flexibility index (Phi) is 6.25. The van der Waals surface area contributed by atoms with Crippen LogP contribution in [0, 0.1) is 18.3 Å². The Bertz CT molecular complexity index is 1010. The molecule has 2 amide bonds. The van der Waals surface area contributed by atoms with Gasteiger partial charge in [0.25, 0.3) is 5.91 Å². The zero-order chi connectivity index (χ0) is 21.0. The fourth-order valence-electron chi connectivity index (χ4n) is 3.12. The van der Waals surface area contributed by atoms with Crippen LogP contribution in [0.5, 0.6) is 5.75 Å². The van der Waals surface area contributed by atoms with Gasteiger partial charge >= 0.3 is 0 Å². The molecule has 0 spiro atoms. The van der Waals surface area contributed by atoms with Crippen LogP contribution in [0.4, 0.5) is 5.69 Å². The molecule has 1 atom stereocenters. The van der Waals surface area contributed by atoms with Crippen molar-refractivity contribution < 1.29 is 14.3 Å². The second-order valence-electron chi connectivity index (χ2n) is 6.49. The van der Waals surface area contributed by atoms with E-state index in [1.165, 1.54) is 23.7 Å². The summed E-state index contributed by atoms with van der Waals surface area (Å²) < 4.78 is 5.18. The maximum Gasteiger partial charge on any atom is 0.264 e. The second-order valence-corrected chi connectivity index (χ2v) is 7.68. The van der Waals surface area contributed by atoms with Crippen LogP contribution < -0.4 is 15.0 Å². The lowest BCUT2D eigenvalue weighted by atomic mass is 10.1. The molecule has 1 aliphatic rings. The minimum atomic E-state index is -0.508. The van der Waals surface area contributed by atoms with E-state index in [1.807, 2.05) is 61.5 Å². The molecule has 0 bridgehead atoms. The van der Waals surface area contributed by atoms with Gasteiger partial charge in [0.15, 0.2) is 0 Å². The highest BCUT2D eigenvalue weighted by molar-refractivity contribution is 8.05. The van der Waals surface area contributed by atoms with Crippen LogP contribution in [-0.4, -0.2) is 31.2 Å². The topological polar surface area (TPSA) is 82.4 Å². The molecule has 1 N–H and O–H groups in total. The average molecular weight is 407 g/mol. The van der Waals surface area contributed by atoms with Crippen LogP contribution in [0.15, 0.2) is 59.1 Å². The molecular formula is C22H21N3O3S. The number of likely N-dealkylation sites (N-methyl/N-ethyl adjacent to an activating group) is 1. The molecule has 1 unspecified atom stereocenters. The number of methoxy groups -OCH3 is 1. The number of amides is 2. The maximum atomic E-state index is 13.3. The third-order valence-electron chi connectivity index (χ3n) is 4.67. The predicted octanol–water partition coefficient (Wildman–Crippen LogP) is 3.18. The second kappa shape index (κ2) is 8.84. The van der Waals surface area contributed by atoms with Crippen molar-refractivity contribution in [3.05, 3.63) is 70.3 Å². The Balaban J connectivity index is 2.03. The molecule has 1 aliphatic heterocycles. The number of aryl methyl sites for hydroxylation is 1. The van der Waals surface area contributed by atoms with Crippen molar-refractivity contribution in [2.24, 2.45) is 0 Å². The molecule has 0 aromatic heterocycles. The Labute approximate surface area is 174 Å². The molecule has 0 radical (unpaired) electrons. The van der Waals surface area contributed by atoms with E-state index < -0.39 is 11.2 Å². The molecule has 2 aromatic rings. The number of para-hydroxylation sites is 1. The first-order valence-electron chi connectivity index (χ1n) is 9.05. The number of hydrogen-bond acceptors (Lipinski definition) is 5. The zero-order valence-electron chi connectivity index (χ0n) is 16.4. The highest BCUT2D eigenvalue weighted by atomic mass is 32.2. The van der Waals surface area contributed by atoms with Crippen molar-refractivity contribution in [3.8, 4) is 11.8 Å². The van der Waals surface area contributed by atoms with Crippen LogP contribution in [0.3, 0.4) is 0 Å². The largest absolute Gasteiger partial charge is 0.497 e. The van der Waals surface area contributed by atoms with Crippen molar-refractivity contribution in [2.75, 3.05) is 19.1 Å². The lowest BCUT2D eigenvalue weighted by Crippen LogP contribution is -2.31. The molecular weight excluding hydrogens is 386 g/mol. The average Bonchev–Trinajstić information content (AvgIpc) is 3.05. The molecule has 1 fully saturated rings. The molecule has 1 heterocycles. The minimum absolute atomic E-state index is 0.0636. The molecule has 29 heavy (non-hydrogen) atoms. The first-order valence-corrected chi connectivity index (χ1v) is 9.93. The molecule has 1 saturated heterocycles. The molecule has 7 heteroatoms. The summed E-state index contributed by atoms with van der Waals surface area (Å²) in [5.41, 5.74) is 2.47. The number of nitriles is 1. The van der Waals surface area contributed by atoms with Gasteiger partial charge in [-0.3, -0.25) is 14.5 Å². The van der Waals surface area contributed by atoms with Crippen LogP contribution in [0.25, 0.3) is 0 Å². The van der Waals surface area contributed by atoms with E-state index in [1.54, 1.807) is 7.11 Å². The van der Waals surface area contributed by atoms with E-state index in [4.69, 9.17) is 4.74 Å². The van der Waals surface area contributed by atoms with E-state index >= 15 is 0 Å². The van der Waals surface area contributed by atoms with Gasteiger partial charge in [0.05, 0.1) is 18.0 Å². The number of benzene rings is 2. The highest BCUT2D eigenvalue weighted by Crippen LogP contribution is 2.42. The Morgan fingerprint density at radius 1 is 1.24 bits per heavy atom. The SMILES string of the molecule is CNC(=O)/C(C#N)=C1\SC(Cc2ccc(OC)cc2)C(=O)N1c1ccccc1C. The van der Waals surface area contributed by atoms with Crippen LogP contribution >= 0.6 is 11.8 Å². The van der Waals surface area contributed by atoms with Gasteiger partial charge < -0.3 is 10.1 Å². The van der Waals surface area contributed by atoms with Gasteiger partial charge in [-0.1, -0.05) is 42.1 Å². The van der Waals surface area contributed by atoms with Crippen LogP contribution in [0.2, 0.25) is 0 Å². The van der Waals surface area contributed by atoms with Gasteiger partial charge in [-0.2, -0.15) is 5.26 Å². The van der Waals surface area contributed by atoms with Crippen molar-refractivity contribution in [1.82, 2.24) is 5.32 Å². The quantitative estimate of drug-likeness (QED) is 0.608. The Morgan fingerprint density at radius 3 is 2.52 bits per heavy atom. The third kappa shape index (κ3) is 4.13. The van der Waals surface area contributed by atoms with Gasteiger partial charge in [0.1, 0.15) is 22.4 Å². The summed E-state index contributed by atoms with van der Waals surface area (Å²) in [6.45, 7) is 1.90. The van der Waals surface area contributed by atoms with E-state index in [-0.39, 0.29) is 11.5 Å². The lowest BCUT2D eigenvalue weighted by Gasteiger charge is -2.20. The van der Waals surface area contributed by atoms with E-state index in [0.717, 1.165) is 16.9 Å². The summed E-state index contributed by atoms with van der Waals surface area (Å²) in [5.74, 6) is 0.0888. The minimum Gasteiger partial charge on any atom is -0.497 e. The Morgan fingerprint density at radius 2 is 1.93 bits per heavy atom. The summed E-state index contributed by atoms with van der Waals surface area (Å²) in [7, 11) is 3.07. The molecule has 148 valence electrons. The number of nitrogens with zero attached hydrogens (tertiary/aromatic N) is 2. The van der Waals surface area contributed by atoms with Crippen LogP contribution in [-0.2, 0) is 16.0 Å². The molecule has 2 aromatic carbocycles. The van der Waals surface area contributed by atoms with Gasteiger partial charge in [-0.25, -0.2) is 0 Å². The summed E-state index contributed by atoms with van der Waals surface area (Å²) in [4.78, 5) is 27.1. The van der Waals surface area contributed by atoms with Crippen molar-refractivity contribution >= 4 is 29.3 Å². The zero-order valence-corrected chi connectivity index (χ0v) is 17.2. The number of anilines is 1. The molecule has 0 aliphatic carbocycles. The summed E-state index contributed by atoms with van der Waals surface area (Å²) >= 11 is 1.25. The number of rotatable bonds is 5. The first kappa shape index (κ1) is 20.5. The third-order valence-corrected chi connectivity index (χ3v) is 5.93. The predicted molar refractivity (Wildman–Crippen MR) is 113 cm³/mol. The summed E-state index contributed by atoms with van der Waals surface area (Å²) in [5, 5.41) is 12.0. The number of carbonyl (C=O) groups is 2. The first-order chi connectivity index (χ1) is 14.0. The number of carbonyl (C=O) groups excluding carboxylic acids is 2.